The molecule has 1 aromatic carbocycles. The fourth-order valence-electron chi connectivity index (χ4n) is 5.35. The van der Waals surface area contributed by atoms with E-state index in [1.165, 1.54) is 6.07 Å². The van der Waals surface area contributed by atoms with Gasteiger partial charge in [0.25, 0.3) is 0 Å². The van der Waals surface area contributed by atoms with Crippen LogP contribution in [0.5, 0.6) is 0 Å². The molecule has 1 aliphatic heterocycles. The van der Waals surface area contributed by atoms with E-state index in [4.69, 9.17) is 5.11 Å². The Morgan fingerprint density at radius 2 is 1.85 bits per heavy atom. The Balaban J connectivity index is 1.32. The minimum absolute atomic E-state index is 0.00201. The Hall–Kier alpha value is -4.03. The Labute approximate surface area is 229 Å². The van der Waals surface area contributed by atoms with E-state index in [1.807, 2.05) is 23.3 Å². The highest BCUT2D eigenvalue weighted by Gasteiger charge is 2.27. The summed E-state index contributed by atoms with van der Waals surface area (Å²) in [5.74, 6) is -0.984. The van der Waals surface area contributed by atoms with Gasteiger partial charge in [0.05, 0.1) is 24.4 Å². The fourth-order valence-corrected chi connectivity index (χ4v) is 5.35. The fraction of sp³-hybridized carbons (Fsp3) is 0.393. The second-order valence-electron chi connectivity index (χ2n) is 10.4. The van der Waals surface area contributed by atoms with Gasteiger partial charge in [0, 0.05) is 17.8 Å². The molecule has 0 unspecified atom stereocenters. The number of pyridine rings is 1. The molecule has 3 N–H and O–H groups in total. The number of carboxylic acid groups (broad SMARTS) is 1. The van der Waals surface area contributed by atoms with Crippen molar-refractivity contribution in [3.8, 4) is 11.3 Å². The van der Waals surface area contributed by atoms with Gasteiger partial charge in [0.15, 0.2) is 11.6 Å². The van der Waals surface area contributed by atoms with Crippen LogP contribution in [0.4, 0.5) is 20.5 Å². The van der Waals surface area contributed by atoms with Gasteiger partial charge in [-0.15, -0.1) is 0 Å². The number of benzene rings is 1. The highest BCUT2D eigenvalue weighted by molar-refractivity contribution is 5.83. The second-order valence-corrected chi connectivity index (χ2v) is 10.4. The SMILES string of the molecule is Cc1nc2c(F)cc(-c3nc(Nc4ccc([C@H](O)C5CCN(CC(=O)O)CC5)cn4)ncc3F)cc2n1C(C)C. The third-order valence-electron chi connectivity index (χ3n) is 7.26. The first-order chi connectivity index (χ1) is 19.1. The van der Waals surface area contributed by atoms with E-state index in [0.29, 0.717) is 48.7 Å². The maximum absolute atomic E-state index is 15.0. The minimum Gasteiger partial charge on any atom is -0.480 e. The number of halogens is 2. The van der Waals surface area contributed by atoms with Gasteiger partial charge >= 0.3 is 5.97 Å². The van der Waals surface area contributed by atoms with Crippen molar-refractivity contribution >= 4 is 28.8 Å². The van der Waals surface area contributed by atoms with Crippen LogP contribution in [0.25, 0.3) is 22.3 Å². The lowest BCUT2D eigenvalue weighted by molar-refractivity contribution is -0.138. The molecule has 10 nitrogen and oxygen atoms in total. The summed E-state index contributed by atoms with van der Waals surface area (Å²) in [6.07, 6.45) is 3.22. The van der Waals surface area contributed by atoms with Crippen molar-refractivity contribution in [2.45, 2.75) is 45.8 Å². The van der Waals surface area contributed by atoms with Crippen LogP contribution in [0, 0.1) is 24.5 Å². The van der Waals surface area contributed by atoms with E-state index in [0.717, 1.165) is 6.20 Å². The first-order valence-corrected chi connectivity index (χ1v) is 13.2. The number of aliphatic hydroxyl groups excluding tert-OH is 1. The molecule has 0 amide bonds. The number of hydrogen-bond acceptors (Lipinski definition) is 8. The molecular formula is C28H31F2N7O3. The molecule has 210 valence electrons. The van der Waals surface area contributed by atoms with Gasteiger partial charge in [-0.05, 0) is 76.4 Å². The molecule has 4 aromatic rings. The lowest BCUT2D eigenvalue weighted by atomic mass is 9.88. The zero-order chi connectivity index (χ0) is 28.6. The number of aliphatic carboxylic acids is 1. The van der Waals surface area contributed by atoms with Crippen molar-refractivity contribution in [3.05, 3.63) is 59.7 Å². The van der Waals surface area contributed by atoms with E-state index in [2.05, 4.69) is 25.3 Å². The molecule has 4 heterocycles. The van der Waals surface area contributed by atoms with Crippen LogP contribution in [0.1, 0.15) is 50.2 Å². The van der Waals surface area contributed by atoms with Crippen LogP contribution in [-0.4, -0.2) is 65.2 Å². The molecule has 0 aliphatic carbocycles. The number of rotatable bonds is 8. The summed E-state index contributed by atoms with van der Waals surface area (Å²) in [6.45, 7) is 6.96. The van der Waals surface area contributed by atoms with E-state index in [-0.39, 0.29) is 41.2 Å². The number of aromatic nitrogens is 5. The zero-order valence-corrected chi connectivity index (χ0v) is 22.5. The van der Waals surface area contributed by atoms with Gasteiger partial charge < -0.3 is 20.1 Å². The first kappa shape index (κ1) is 27.5. The molecule has 0 spiro atoms. The van der Waals surface area contributed by atoms with Crippen LogP contribution in [0.15, 0.2) is 36.7 Å². The summed E-state index contributed by atoms with van der Waals surface area (Å²) in [5, 5.41) is 22.7. The summed E-state index contributed by atoms with van der Waals surface area (Å²) >= 11 is 0. The molecular weight excluding hydrogens is 520 g/mol. The Morgan fingerprint density at radius 1 is 1.10 bits per heavy atom. The molecule has 0 bridgehead atoms. The zero-order valence-electron chi connectivity index (χ0n) is 22.5. The molecule has 0 saturated carbocycles. The number of nitrogens with zero attached hydrogens (tertiary/aromatic N) is 6. The van der Waals surface area contributed by atoms with Crippen molar-refractivity contribution in [2.24, 2.45) is 5.92 Å². The Morgan fingerprint density at radius 3 is 2.50 bits per heavy atom. The number of carbonyl (C=O) groups is 1. The van der Waals surface area contributed by atoms with Gasteiger partial charge in [0.2, 0.25) is 5.95 Å². The summed E-state index contributed by atoms with van der Waals surface area (Å²) in [4.78, 5) is 29.8. The smallest absolute Gasteiger partial charge is 0.317 e. The number of imidazole rings is 1. The number of anilines is 2. The lowest BCUT2D eigenvalue weighted by Crippen LogP contribution is -2.38. The van der Waals surface area contributed by atoms with Gasteiger partial charge in [-0.3, -0.25) is 9.69 Å². The quantitative estimate of drug-likeness (QED) is 0.287. The average Bonchev–Trinajstić information content (AvgIpc) is 3.26. The van der Waals surface area contributed by atoms with Gasteiger partial charge in [-0.1, -0.05) is 6.07 Å². The maximum atomic E-state index is 15.0. The first-order valence-electron chi connectivity index (χ1n) is 13.2. The van der Waals surface area contributed by atoms with Crippen molar-refractivity contribution in [2.75, 3.05) is 25.0 Å². The third kappa shape index (κ3) is 5.63. The monoisotopic (exact) mass is 551 g/mol. The molecule has 3 aromatic heterocycles. The standard InChI is InChI=1S/C28H31F2N7O3/c1-15(2)37-16(3)33-26-20(29)10-19(11-22(26)37)25-21(30)13-32-28(35-25)34-23-5-4-18(12-31-23)27(40)17-6-8-36(9-7-17)14-24(38)39/h4-5,10-13,15,17,27,40H,6-9,14H2,1-3H3,(H,38,39)(H,31,32,34,35)/t27-/m1/s1. The number of aliphatic hydroxyl groups is 1. The predicted molar refractivity (Wildman–Crippen MR) is 145 cm³/mol. The summed E-state index contributed by atoms with van der Waals surface area (Å²) in [5.41, 5.74) is 1.62. The molecule has 1 aliphatic rings. The van der Waals surface area contributed by atoms with E-state index < -0.39 is 23.7 Å². The highest BCUT2D eigenvalue weighted by atomic mass is 19.1. The minimum atomic E-state index is -0.856. The molecule has 1 saturated heterocycles. The van der Waals surface area contributed by atoms with Crippen molar-refractivity contribution in [1.29, 1.82) is 0 Å². The van der Waals surface area contributed by atoms with E-state index >= 15 is 0 Å². The number of carboxylic acids is 1. The van der Waals surface area contributed by atoms with Crippen molar-refractivity contribution < 1.29 is 23.8 Å². The third-order valence-corrected chi connectivity index (χ3v) is 7.26. The lowest BCUT2D eigenvalue weighted by Gasteiger charge is -2.33. The van der Waals surface area contributed by atoms with Crippen molar-refractivity contribution in [1.82, 2.24) is 29.4 Å². The molecule has 1 fully saturated rings. The van der Waals surface area contributed by atoms with E-state index in [9.17, 15) is 18.7 Å². The normalized spacial score (nSPS) is 15.6. The number of likely N-dealkylation sites (tertiary alicyclic amines) is 1. The van der Waals surface area contributed by atoms with Gasteiger partial charge in [0.1, 0.15) is 22.9 Å². The summed E-state index contributed by atoms with van der Waals surface area (Å²) in [7, 11) is 0. The number of hydrogen-bond donors (Lipinski definition) is 3. The summed E-state index contributed by atoms with van der Waals surface area (Å²) < 4.78 is 31.7. The van der Waals surface area contributed by atoms with E-state index in [1.54, 1.807) is 31.3 Å². The molecule has 5 rings (SSSR count). The maximum Gasteiger partial charge on any atom is 0.317 e. The largest absolute Gasteiger partial charge is 0.480 e. The van der Waals surface area contributed by atoms with Gasteiger partial charge in [-0.25, -0.2) is 28.7 Å². The number of aryl methyl sites for hydroxylation is 1. The van der Waals surface area contributed by atoms with Crippen molar-refractivity contribution in [3.63, 3.8) is 0 Å². The highest BCUT2D eigenvalue weighted by Crippen LogP contribution is 2.32. The summed E-state index contributed by atoms with van der Waals surface area (Å²) in [6, 6.07) is 6.33. The molecule has 0 radical (unpaired) electrons. The van der Waals surface area contributed by atoms with Gasteiger partial charge in [-0.2, -0.15) is 0 Å². The Bertz CT molecular complexity index is 1530. The second kappa shape index (κ2) is 11.2. The van der Waals surface area contributed by atoms with Crippen LogP contribution in [0.3, 0.4) is 0 Å². The van der Waals surface area contributed by atoms with Crippen LogP contribution in [0.2, 0.25) is 0 Å². The molecule has 1 atom stereocenters. The van der Waals surface area contributed by atoms with Crippen LogP contribution < -0.4 is 5.32 Å². The number of piperidine rings is 1. The average molecular weight is 552 g/mol. The van der Waals surface area contributed by atoms with Crippen LogP contribution in [-0.2, 0) is 4.79 Å². The number of fused-ring (bicyclic) bond motifs is 1. The topological polar surface area (TPSA) is 129 Å². The predicted octanol–water partition coefficient (Wildman–Crippen LogP) is 4.63. The molecule has 40 heavy (non-hydrogen) atoms. The molecule has 12 heteroatoms. The Kier molecular flexibility index (Phi) is 7.72. The van der Waals surface area contributed by atoms with Crippen LogP contribution >= 0.6 is 0 Å². The number of nitrogens with one attached hydrogen (secondary N) is 1.